The van der Waals surface area contributed by atoms with Crippen molar-refractivity contribution >= 4 is 11.9 Å². The fraction of sp³-hybridized carbons (Fsp3) is 0.529. The number of carbonyl (C=O) groups excluding carboxylic acids is 2. The smallest absolute Gasteiger partial charge is 0.317 e. The quantitative estimate of drug-likeness (QED) is 0.927. The van der Waals surface area contributed by atoms with Crippen LogP contribution in [0.25, 0.3) is 0 Å². The number of benzene rings is 1. The minimum Gasteiger partial charge on any atom is -0.338 e. The predicted octanol–water partition coefficient (Wildman–Crippen LogP) is 2.09. The highest BCUT2D eigenvalue weighted by Crippen LogP contribution is 2.27. The Kier molecular flexibility index (Phi) is 4.79. The van der Waals surface area contributed by atoms with E-state index < -0.39 is 0 Å². The molecule has 2 aliphatic rings. The Morgan fingerprint density at radius 2 is 1.70 bits per heavy atom. The van der Waals surface area contributed by atoms with Gasteiger partial charge in [0.1, 0.15) is 5.82 Å². The van der Waals surface area contributed by atoms with Crippen LogP contribution in [0.1, 0.15) is 29.6 Å². The van der Waals surface area contributed by atoms with Gasteiger partial charge in [0.15, 0.2) is 0 Å². The van der Waals surface area contributed by atoms with Crippen molar-refractivity contribution in [3.05, 3.63) is 35.6 Å². The summed E-state index contributed by atoms with van der Waals surface area (Å²) in [4.78, 5) is 28.1. The van der Waals surface area contributed by atoms with E-state index in [0.29, 0.717) is 37.7 Å². The molecule has 0 atom stereocenters. The molecule has 1 aliphatic carbocycles. The minimum absolute atomic E-state index is 0.0343. The van der Waals surface area contributed by atoms with Crippen LogP contribution in [-0.2, 0) is 0 Å². The predicted molar refractivity (Wildman–Crippen MR) is 84.6 cm³/mol. The molecule has 1 saturated carbocycles. The molecule has 6 heteroatoms. The van der Waals surface area contributed by atoms with Crippen LogP contribution in [0.3, 0.4) is 0 Å². The molecule has 0 spiro atoms. The zero-order valence-corrected chi connectivity index (χ0v) is 13.1. The molecule has 5 nitrogen and oxygen atoms in total. The maximum Gasteiger partial charge on any atom is 0.317 e. The molecule has 3 amide bonds. The van der Waals surface area contributed by atoms with Gasteiger partial charge in [-0.3, -0.25) is 4.79 Å². The normalized spacial score (nSPS) is 18.5. The summed E-state index contributed by atoms with van der Waals surface area (Å²) in [6, 6.07) is 5.56. The minimum atomic E-state index is -0.351. The van der Waals surface area contributed by atoms with Gasteiger partial charge in [0.2, 0.25) is 0 Å². The van der Waals surface area contributed by atoms with E-state index in [9.17, 15) is 14.0 Å². The van der Waals surface area contributed by atoms with Gasteiger partial charge >= 0.3 is 6.03 Å². The Morgan fingerprint density at radius 1 is 1.04 bits per heavy atom. The van der Waals surface area contributed by atoms with Gasteiger partial charge < -0.3 is 15.1 Å². The van der Waals surface area contributed by atoms with Crippen LogP contribution >= 0.6 is 0 Å². The fourth-order valence-electron chi connectivity index (χ4n) is 2.76. The highest BCUT2D eigenvalue weighted by molar-refractivity contribution is 5.94. The Morgan fingerprint density at radius 3 is 2.39 bits per heavy atom. The lowest BCUT2D eigenvalue weighted by atomic mass is 10.2. The third kappa shape index (κ3) is 4.21. The van der Waals surface area contributed by atoms with E-state index in [1.54, 1.807) is 9.80 Å². The number of halogens is 1. The second-order valence-corrected chi connectivity index (χ2v) is 6.27. The van der Waals surface area contributed by atoms with Gasteiger partial charge in [-0.15, -0.1) is 0 Å². The Bertz CT molecular complexity index is 572. The molecule has 1 heterocycles. The van der Waals surface area contributed by atoms with Gasteiger partial charge in [0, 0.05) is 38.3 Å². The number of amides is 3. The third-order valence-electron chi connectivity index (χ3n) is 4.40. The fourth-order valence-corrected chi connectivity index (χ4v) is 2.76. The van der Waals surface area contributed by atoms with Crippen molar-refractivity contribution in [2.45, 2.75) is 19.3 Å². The standard InChI is InChI=1S/C17H22FN3O2/c18-15-6-4-14(5-7-15)16(22)20-8-1-9-21(11-10-20)17(23)19-12-13-2-3-13/h4-7,13H,1-3,8-12H2,(H,19,23). The lowest BCUT2D eigenvalue weighted by Gasteiger charge is -2.22. The highest BCUT2D eigenvalue weighted by atomic mass is 19.1. The Hall–Kier alpha value is -2.11. The van der Waals surface area contributed by atoms with Crippen molar-refractivity contribution < 1.29 is 14.0 Å². The van der Waals surface area contributed by atoms with Gasteiger partial charge in [-0.2, -0.15) is 0 Å². The van der Waals surface area contributed by atoms with Gasteiger partial charge in [0.25, 0.3) is 5.91 Å². The first-order valence-corrected chi connectivity index (χ1v) is 8.21. The first-order chi connectivity index (χ1) is 11.1. The number of carbonyl (C=O) groups is 2. The van der Waals surface area contributed by atoms with Crippen LogP contribution in [0.15, 0.2) is 24.3 Å². The molecule has 1 aromatic rings. The second-order valence-electron chi connectivity index (χ2n) is 6.27. The van der Waals surface area contributed by atoms with Crippen molar-refractivity contribution in [2.75, 3.05) is 32.7 Å². The lowest BCUT2D eigenvalue weighted by molar-refractivity contribution is 0.0762. The van der Waals surface area contributed by atoms with E-state index in [1.165, 1.54) is 37.1 Å². The summed E-state index contributed by atoms with van der Waals surface area (Å²) in [7, 11) is 0. The summed E-state index contributed by atoms with van der Waals surface area (Å²) in [6.07, 6.45) is 3.17. The monoisotopic (exact) mass is 319 g/mol. The summed E-state index contributed by atoms with van der Waals surface area (Å²) < 4.78 is 13.0. The van der Waals surface area contributed by atoms with Gasteiger partial charge in [-0.05, 0) is 49.4 Å². The van der Waals surface area contributed by atoms with Gasteiger partial charge in [-0.25, -0.2) is 9.18 Å². The summed E-state index contributed by atoms with van der Waals surface area (Å²) in [5, 5.41) is 2.97. The molecule has 0 unspecified atom stereocenters. The summed E-state index contributed by atoms with van der Waals surface area (Å²) in [6.45, 7) is 3.07. The molecule has 0 radical (unpaired) electrons. The molecule has 2 fully saturated rings. The number of nitrogens with zero attached hydrogens (tertiary/aromatic N) is 2. The summed E-state index contributed by atoms with van der Waals surface area (Å²) in [5.41, 5.74) is 0.484. The van der Waals surface area contributed by atoms with Crippen molar-refractivity contribution in [1.82, 2.24) is 15.1 Å². The molecule has 1 aromatic carbocycles. The van der Waals surface area contributed by atoms with Crippen LogP contribution in [0.2, 0.25) is 0 Å². The molecule has 1 aliphatic heterocycles. The molecular weight excluding hydrogens is 297 g/mol. The third-order valence-corrected chi connectivity index (χ3v) is 4.40. The lowest BCUT2D eigenvalue weighted by Crippen LogP contribution is -2.43. The van der Waals surface area contributed by atoms with E-state index in [0.717, 1.165) is 13.0 Å². The number of rotatable bonds is 3. The topological polar surface area (TPSA) is 52.7 Å². The van der Waals surface area contributed by atoms with E-state index in [2.05, 4.69) is 5.32 Å². The Labute approximate surface area is 135 Å². The Balaban J connectivity index is 1.53. The molecule has 1 saturated heterocycles. The van der Waals surface area contributed by atoms with E-state index in [4.69, 9.17) is 0 Å². The van der Waals surface area contributed by atoms with E-state index >= 15 is 0 Å². The van der Waals surface area contributed by atoms with E-state index in [1.807, 2.05) is 0 Å². The van der Waals surface area contributed by atoms with Crippen molar-refractivity contribution in [3.63, 3.8) is 0 Å². The van der Waals surface area contributed by atoms with Crippen molar-refractivity contribution in [1.29, 1.82) is 0 Å². The largest absolute Gasteiger partial charge is 0.338 e. The second kappa shape index (κ2) is 6.98. The summed E-state index contributed by atoms with van der Waals surface area (Å²) in [5.74, 6) is 0.198. The zero-order chi connectivity index (χ0) is 16.2. The first-order valence-electron chi connectivity index (χ1n) is 8.21. The highest BCUT2D eigenvalue weighted by Gasteiger charge is 2.25. The van der Waals surface area contributed by atoms with Crippen LogP contribution in [0.4, 0.5) is 9.18 Å². The molecular formula is C17H22FN3O2. The maximum absolute atomic E-state index is 13.0. The maximum atomic E-state index is 13.0. The van der Waals surface area contributed by atoms with Crippen molar-refractivity contribution in [2.24, 2.45) is 5.92 Å². The van der Waals surface area contributed by atoms with Gasteiger partial charge in [-0.1, -0.05) is 0 Å². The number of nitrogens with one attached hydrogen (secondary N) is 1. The van der Waals surface area contributed by atoms with E-state index in [-0.39, 0.29) is 17.8 Å². The molecule has 0 aromatic heterocycles. The van der Waals surface area contributed by atoms with Gasteiger partial charge in [0.05, 0.1) is 0 Å². The summed E-state index contributed by atoms with van der Waals surface area (Å²) >= 11 is 0. The SMILES string of the molecule is O=C(NCC1CC1)N1CCCN(C(=O)c2ccc(F)cc2)CC1. The molecule has 0 bridgehead atoms. The first kappa shape index (κ1) is 15.8. The van der Waals surface area contributed by atoms with Crippen molar-refractivity contribution in [3.8, 4) is 0 Å². The van der Waals surface area contributed by atoms with Crippen LogP contribution < -0.4 is 5.32 Å². The number of urea groups is 1. The zero-order valence-electron chi connectivity index (χ0n) is 13.1. The molecule has 23 heavy (non-hydrogen) atoms. The average Bonchev–Trinajstić information content (AvgIpc) is 3.39. The molecule has 3 rings (SSSR count). The molecule has 1 N–H and O–H groups in total. The molecule has 124 valence electrons. The van der Waals surface area contributed by atoms with Crippen LogP contribution in [0, 0.1) is 11.7 Å². The van der Waals surface area contributed by atoms with Crippen LogP contribution in [0.5, 0.6) is 0 Å². The number of hydrogen-bond acceptors (Lipinski definition) is 2. The average molecular weight is 319 g/mol. The van der Waals surface area contributed by atoms with Crippen LogP contribution in [-0.4, -0.2) is 54.5 Å². The number of hydrogen-bond donors (Lipinski definition) is 1.